The Bertz CT molecular complexity index is 877. The van der Waals surface area contributed by atoms with Crippen LogP contribution in [-0.2, 0) is 4.79 Å². The molecule has 2 rings (SSSR count). The van der Waals surface area contributed by atoms with Crippen LogP contribution in [-0.4, -0.2) is 17.0 Å². The molecular weight excluding hydrogens is 346 g/mol. The molecule has 0 spiro atoms. The second-order valence-corrected chi connectivity index (χ2v) is 5.78. The van der Waals surface area contributed by atoms with Crippen LogP contribution in [0.3, 0.4) is 0 Å². The summed E-state index contributed by atoms with van der Waals surface area (Å²) in [5.74, 6) is -0.910. The van der Waals surface area contributed by atoms with E-state index in [0.29, 0.717) is 16.9 Å². The standard InChI is InChI=1S/C17H16ClN3O4/c1-9-14(17(23)16(21(24)25)10(2)15(9)18)8-19-12-4-6-13(7-5-12)20-11(3)22/h4-8,23H,1-3H3,(H,20,22)/p-1. The topological polar surface area (TPSA) is 108 Å². The molecule has 0 fully saturated rings. The minimum atomic E-state index is -0.734. The lowest BCUT2D eigenvalue weighted by Gasteiger charge is -2.17. The number of nitrogens with one attached hydrogen (secondary N) is 1. The molecule has 130 valence electrons. The molecule has 0 saturated carbocycles. The van der Waals surface area contributed by atoms with E-state index in [1.807, 2.05) is 0 Å². The summed E-state index contributed by atoms with van der Waals surface area (Å²) in [6.45, 7) is 4.46. The number of amides is 1. The van der Waals surface area contributed by atoms with Gasteiger partial charge in [0.2, 0.25) is 5.91 Å². The van der Waals surface area contributed by atoms with Gasteiger partial charge < -0.3 is 10.4 Å². The summed E-state index contributed by atoms with van der Waals surface area (Å²) in [7, 11) is 0. The second-order valence-electron chi connectivity index (χ2n) is 5.40. The first-order chi connectivity index (χ1) is 11.7. The van der Waals surface area contributed by atoms with Crippen molar-refractivity contribution in [3.8, 4) is 5.75 Å². The SMILES string of the molecule is CC(=O)Nc1ccc(N=Cc2c(C)c(Cl)c(C)c([N+](=O)[O-])c2[O-])cc1. The molecule has 0 saturated heterocycles. The number of hydrogen-bond donors (Lipinski definition) is 1. The molecule has 0 aliphatic heterocycles. The van der Waals surface area contributed by atoms with Crippen molar-refractivity contribution in [2.75, 3.05) is 5.32 Å². The predicted octanol–water partition coefficient (Wildman–Crippen LogP) is 3.65. The van der Waals surface area contributed by atoms with Gasteiger partial charge in [-0.1, -0.05) is 11.6 Å². The Balaban J connectivity index is 2.41. The Morgan fingerprint density at radius 3 is 2.36 bits per heavy atom. The summed E-state index contributed by atoms with van der Waals surface area (Å²) in [6.07, 6.45) is 1.27. The fraction of sp³-hybridized carbons (Fsp3) is 0.176. The third-order valence-electron chi connectivity index (χ3n) is 3.59. The van der Waals surface area contributed by atoms with Gasteiger partial charge in [-0.05, 0) is 55.0 Å². The molecule has 0 radical (unpaired) electrons. The minimum absolute atomic E-state index is 0.0771. The van der Waals surface area contributed by atoms with Crippen molar-refractivity contribution in [3.05, 3.63) is 56.1 Å². The Morgan fingerprint density at radius 2 is 1.84 bits per heavy atom. The molecule has 1 N–H and O–H groups in total. The normalized spacial score (nSPS) is 10.9. The molecule has 2 aromatic rings. The van der Waals surface area contributed by atoms with Gasteiger partial charge in [0.15, 0.2) is 0 Å². The van der Waals surface area contributed by atoms with Crippen LogP contribution < -0.4 is 10.4 Å². The first kappa shape index (κ1) is 18.4. The Labute approximate surface area is 149 Å². The van der Waals surface area contributed by atoms with Crippen molar-refractivity contribution >= 4 is 40.8 Å². The molecule has 0 unspecified atom stereocenters. The molecule has 2 aromatic carbocycles. The number of carbonyl (C=O) groups is 1. The monoisotopic (exact) mass is 360 g/mol. The summed E-state index contributed by atoms with van der Waals surface area (Å²) in [4.78, 5) is 25.6. The van der Waals surface area contributed by atoms with Gasteiger partial charge in [-0.2, -0.15) is 0 Å². The minimum Gasteiger partial charge on any atom is -0.867 e. The maximum absolute atomic E-state index is 12.4. The lowest BCUT2D eigenvalue weighted by Crippen LogP contribution is -2.07. The van der Waals surface area contributed by atoms with Gasteiger partial charge in [0.1, 0.15) is 0 Å². The largest absolute Gasteiger partial charge is 0.867 e. The van der Waals surface area contributed by atoms with Crippen molar-refractivity contribution in [3.63, 3.8) is 0 Å². The number of nitrogens with zero attached hydrogens (tertiary/aromatic N) is 2. The number of nitro groups is 1. The highest BCUT2D eigenvalue weighted by Crippen LogP contribution is 2.38. The van der Waals surface area contributed by atoms with Crippen LogP contribution in [0.25, 0.3) is 0 Å². The molecule has 0 atom stereocenters. The molecule has 0 bridgehead atoms. The van der Waals surface area contributed by atoms with E-state index in [-0.39, 0.29) is 22.1 Å². The van der Waals surface area contributed by atoms with Crippen LogP contribution in [0.1, 0.15) is 23.6 Å². The Kier molecular flexibility index (Phi) is 5.38. The third-order valence-corrected chi connectivity index (χ3v) is 4.16. The smallest absolute Gasteiger partial charge is 0.266 e. The molecular formula is C17H15ClN3O4-. The highest BCUT2D eigenvalue weighted by Gasteiger charge is 2.20. The number of nitro benzene ring substituents is 1. The maximum atomic E-state index is 12.4. The number of anilines is 1. The van der Waals surface area contributed by atoms with E-state index in [2.05, 4.69) is 10.3 Å². The fourth-order valence-corrected chi connectivity index (χ4v) is 2.51. The van der Waals surface area contributed by atoms with Crippen LogP contribution >= 0.6 is 11.6 Å². The Hall–Kier alpha value is -2.93. The summed E-state index contributed by atoms with van der Waals surface area (Å²) in [6, 6.07) is 6.60. The number of carbonyl (C=O) groups excluding carboxylic acids is 1. The summed E-state index contributed by atoms with van der Waals surface area (Å²) >= 11 is 6.11. The molecule has 0 aliphatic carbocycles. The summed E-state index contributed by atoms with van der Waals surface area (Å²) in [5.41, 5.74) is 1.25. The van der Waals surface area contributed by atoms with Gasteiger partial charge in [-0.15, -0.1) is 0 Å². The van der Waals surface area contributed by atoms with Crippen LogP contribution in [0, 0.1) is 24.0 Å². The molecule has 7 nitrogen and oxygen atoms in total. The quantitative estimate of drug-likeness (QED) is 0.510. The molecule has 0 aromatic heterocycles. The number of hydrogen-bond acceptors (Lipinski definition) is 5. The average Bonchev–Trinajstić information content (AvgIpc) is 2.53. The second kappa shape index (κ2) is 7.31. The van der Waals surface area contributed by atoms with E-state index in [9.17, 15) is 20.0 Å². The predicted molar refractivity (Wildman–Crippen MR) is 95.0 cm³/mol. The van der Waals surface area contributed by atoms with E-state index >= 15 is 0 Å². The van der Waals surface area contributed by atoms with Crippen LogP contribution in [0.5, 0.6) is 5.75 Å². The zero-order valence-corrected chi connectivity index (χ0v) is 14.5. The van der Waals surface area contributed by atoms with Crippen molar-refractivity contribution in [2.24, 2.45) is 4.99 Å². The van der Waals surface area contributed by atoms with E-state index in [0.717, 1.165) is 0 Å². The molecule has 0 aliphatic rings. The van der Waals surface area contributed by atoms with Gasteiger partial charge in [0.25, 0.3) is 5.69 Å². The van der Waals surface area contributed by atoms with Crippen LogP contribution in [0.15, 0.2) is 29.3 Å². The fourth-order valence-electron chi connectivity index (χ4n) is 2.32. The van der Waals surface area contributed by atoms with E-state index < -0.39 is 16.4 Å². The van der Waals surface area contributed by atoms with Crippen molar-refractivity contribution in [1.82, 2.24) is 0 Å². The van der Waals surface area contributed by atoms with Gasteiger partial charge in [-0.25, -0.2) is 0 Å². The lowest BCUT2D eigenvalue weighted by atomic mass is 10.0. The van der Waals surface area contributed by atoms with E-state index in [1.54, 1.807) is 31.2 Å². The lowest BCUT2D eigenvalue weighted by molar-refractivity contribution is -0.398. The number of halogens is 1. The van der Waals surface area contributed by atoms with Crippen molar-refractivity contribution in [1.29, 1.82) is 0 Å². The van der Waals surface area contributed by atoms with Gasteiger partial charge >= 0.3 is 0 Å². The molecule has 25 heavy (non-hydrogen) atoms. The van der Waals surface area contributed by atoms with Gasteiger partial charge in [-0.3, -0.25) is 19.9 Å². The van der Waals surface area contributed by atoms with Crippen molar-refractivity contribution < 1.29 is 14.8 Å². The molecule has 1 amide bonds. The highest BCUT2D eigenvalue weighted by atomic mass is 35.5. The van der Waals surface area contributed by atoms with Crippen LogP contribution in [0.4, 0.5) is 17.1 Å². The van der Waals surface area contributed by atoms with E-state index in [4.69, 9.17) is 11.6 Å². The number of benzene rings is 2. The average molecular weight is 361 g/mol. The van der Waals surface area contributed by atoms with Gasteiger partial charge in [0.05, 0.1) is 15.6 Å². The highest BCUT2D eigenvalue weighted by molar-refractivity contribution is 6.33. The number of rotatable bonds is 4. The summed E-state index contributed by atoms with van der Waals surface area (Å²) in [5, 5.41) is 26.3. The summed E-state index contributed by atoms with van der Waals surface area (Å²) < 4.78 is 0. The molecule has 8 heteroatoms. The Morgan fingerprint density at radius 1 is 1.24 bits per heavy atom. The van der Waals surface area contributed by atoms with Gasteiger partial charge in [0, 0.05) is 24.4 Å². The first-order valence-corrected chi connectivity index (χ1v) is 7.66. The first-order valence-electron chi connectivity index (χ1n) is 7.28. The van der Waals surface area contributed by atoms with E-state index in [1.165, 1.54) is 20.1 Å². The third kappa shape index (κ3) is 3.95. The van der Waals surface area contributed by atoms with Crippen molar-refractivity contribution in [2.45, 2.75) is 20.8 Å². The zero-order valence-electron chi connectivity index (χ0n) is 13.8. The number of aliphatic imine (C=N–C) groups is 1. The zero-order chi connectivity index (χ0) is 18.7. The molecule has 0 heterocycles. The van der Waals surface area contributed by atoms with Crippen LogP contribution in [0.2, 0.25) is 5.02 Å². The maximum Gasteiger partial charge on any atom is 0.266 e.